The topological polar surface area (TPSA) is 83.5 Å². The van der Waals surface area contributed by atoms with E-state index in [1.165, 1.54) is 0 Å². The zero-order valence-corrected chi connectivity index (χ0v) is 9.60. The number of aliphatic carboxylic acids is 1. The summed E-state index contributed by atoms with van der Waals surface area (Å²) in [4.78, 5) is 10.6. The zero-order chi connectivity index (χ0) is 12.5. The maximum atomic E-state index is 10.6. The first-order valence-corrected chi connectivity index (χ1v) is 5.77. The first kappa shape index (κ1) is 12.1. The Morgan fingerprint density at radius 2 is 1.82 bits per heavy atom. The van der Waals surface area contributed by atoms with E-state index in [1.54, 1.807) is 0 Å². The van der Waals surface area contributed by atoms with Crippen molar-refractivity contribution >= 4 is 5.97 Å². The lowest BCUT2D eigenvalue weighted by atomic mass is 10.0. The molecule has 4 N–H and O–H groups in total. The summed E-state index contributed by atoms with van der Waals surface area (Å²) < 4.78 is 0. The highest BCUT2D eigenvalue weighted by Gasteiger charge is 2.39. The highest BCUT2D eigenvalue weighted by molar-refractivity contribution is 5.73. The van der Waals surface area contributed by atoms with Crippen molar-refractivity contribution in [2.45, 2.75) is 37.3 Å². The molecule has 4 heteroatoms. The lowest BCUT2D eigenvalue weighted by Gasteiger charge is -2.09. The number of rotatable bonds is 5. The molecule has 0 bridgehead atoms. The van der Waals surface area contributed by atoms with Crippen molar-refractivity contribution in [1.82, 2.24) is 0 Å². The van der Waals surface area contributed by atoms with E-state index in [1.807, 2.05) is 24.3 Å². The van der Waals surface area contributed by atoms with Crippen LogP contribution in [0, 0.1) is 0 Å². The Morgan fingerprint density at radius 3 is 2.29 bits per heavy atom. The number of aliphatic hydroxyl groups is 1. The van der Waals surface area contributed by atoms with E-state index in [0.29, 0.717) is 12.8 Å². The molecule has 0 aliphatic heterocycles. The van der Waals surface area contributed by atoms with E-state index < -0.39 is 17.6 Å². The van der Waals surface area contributed by atoms with Gasteiger partial charge in [-0.1, -0.05) is 24.3 Å². The number of hydrogen-bond acceptors (Lipinski definition) is 3. The minimum atomic E-state index is -0.985. The molecule has 0 aromatic heterocycles. The van der Waals surface area contributed by atoms with Crippen molar-refractivity contribution in [3.05, 3.63) is 35.4 Å². The summed E-state index contributed by atoms with van der Waals surface area (Å²) in [6.07, 6.45) is 2.76. The Balaban J connectivity index is 1.95. The first-order chi connectivity index (χ1) is 7.98. The van der Waals surface area contributed by atoms with Crippen molar-refractivity contribution in [3.8, 4) is 0 Å². The molecule has 1 atom stereocenters. The van der Waals surface area contributed by atoms with E-state index in [9.17, 15) is 9.90 Å². The van der Waals surface area contributed by atoms with Gasteiger partial charge in [0.25, 0.3) is 0 Å². The fourth-order valence-corrected chi connectivity index (χ4v) is 1.84. The third-order valence-corrected chi connectivity index (χ3v) is 3.16. The summed E-state index contributed by atoms with van der Waals surface area (Å²) in [5.74, 6) is -0.985. The molecular weight excluding hydrogens is 218 g/mol. The maximum Gasteiger partial charge on any atom is 0.320 e. The number of benzene rings is 1. The minimum absolute atomic E-state index is 0.333. The lowest BCUT2D eigenvalue weighted by Crippen LogP contribution is -2.32. The van der Waals surface area contributed by atoms with E-state index in [-0.39, 0.29) is 0 Å². The van der Waals surface area contributed by atoms with Gasteiger partial charge in [0.1, 0.15) is 6.04 Å². The van der Waals surface area contributed by atoms with Crippen LogP contribution in [0.25, 0.3) is 0 Å². The quantitative estimate of drug-likeness (QED) is 0.701. The van der Waals surface area contributed by atoms with Gasteiger partial charge in [0.2, 0.25) is 0 Å². The highest BCUT2D eigenvalue weighted by Crippen LogP contribution is 2.38. The van der Waals surface area contributed by atoms with Crippen LogP contribution in [0.4, 0.5) is 0 Å². The molecular formula is C13H17NO3. The van der Waals surface area contributed by atoms with Gasteiger partial charge in [0, 0.05) is 6.42 Å². The molecule has 92 valence electrons. The average molecular weight is 235 g/mol. The number of hydrogen-bond donors (Lipinski definition) is 3. The Hall–Kier alpha value is -1.39. The molecule has 0 radical (unpaired) electrons. The van der Waals surface area contributed by atoms with Gasteiger partial charge in [0.15, 0.2) is 0 Å². The number of carboxylic acids is 1. The second-order valence-corrected chi connectivity index (χ2v) is 4.87. The molecule has 1 unspecified atom stereocenters. The fourth-order valence-electron chi connectivity index (χ4n) is 1.84. The average Bonchev–Trinajstić information content (AvgIpc) is 2.99. The molecule has 1 aromatic carbocycles. The van der Waals surface area contributed by atoms with E-state index >= 15 is 0 Å². The van der Waals surface area contributed by atoms with Crippen LogP contribution in [0.3, 0.4) is 0 Å². The summed E-state index contributed by atoms with van der Waals surface area (Å²) in [5.41, 5.74) is 6.96. The van der Waals surface area contributed by atoms with Crippen LogP contribution in [0.1, 0.15) is 24.0 Å². The van der Waals surface area contributed by atoms with Crippen molar-refractivity contribution in [1.29, 1.82) is 0 Å². The number of carbonyl (C=O) groups is 1. The van der Waals surface area contributed by atoms with Crippen molar-refractivity contribution < 1.29 is 15.0 Å². The summed E-state index contributed by atoms with van der Waals surface area (Å²) in [5, 5.41) is 18.5. The third kappa shape index (κ3) is 3.28. The van der Waals surface area contributed by atoms with Gasteiger partial charge in [-0.15, -0.1) is 0 Å². The zero-order valence-electron chi connectivity index (χ0n) is 9.60. The standard InChI is InChI=1S/C13H17NO3/c14-11(12(15)16)7-9-1-3-10(4-2-9)8-13(17)5-6-13/h1-4,11,17H,5-8,14H2,(H,15,16). The molecule has 1 saturated carbocycles. The molecule has 1 aliphatic carbocycles. The summed E-state index contributed by atoms with van der Waals surface area (Å²) >= 11 is 0. The van der Waals surface area contributed by atoms with Crippen LogP contribution in [0.5, 0.6) is 0 Å². The van der Waals surface area contributed by atoms with Crippen LogP contribution in [-0.4, -0.2) is 27.8 Å². The van der Waals surface area contributed by atoms with Gasteiger partial charge in [0.05, 0.1) is 5.60 Å². The molecule has 0 amide bonds. The van der Waals surface area contributed by atoms with Gasteiger partial charge >= 0.3 is 5.97 Å². The van der Waals surface area contributed by atoms with Gasteiger partial charge in [-0.25, -0.2) is 0 Å². The Morgan fingerprint density at radius 1 is 1.29 bits per heavy atom. The van der Waals surface area contributed by atoms with Crippen molar-refractivity contribution in [2.24, 2.45) is 5.73 Å². The Bertz CT molecular complexity index is 409. The summed E-state index contributed by atoms with van der Waals surface area (Å²) in [6, 6.07) is 6.77. The molecule has 0 spiro atoms. The predicted octanol–water partition coefficient (Wildman–Crippen LogP) is 0.708. The van der Waals surface area contributed by atoms with Crippen LogP contribution in [0.2, 0.25) is 0 Å². The Labute approximate surface area is 100 Å². The van der Waals surface area contributed by atoms with Gasteiger partial charge in [-0.3, -0.25) is 4.79 Å². The highest BCUT2D eigenvalue weighted by atomic mass is 16.4. The van der Waals surface area contributed by atoms with Gasteiger partial charge in [-0.2, -0.15) is 0 Å². The summed E-state index contributed by atoms with van der Waals surface area (Å²) in [6.45, 7) is 0. The van der Waals surface area contributed by atoms with Gasteiger partial charge in [-0.05, 0) is 30.4 Å². The second kappa shape index (κ2) is 4.47. The van der Waals surface area contributed by atoms with Crippen molar-refractivity contribution in [2.75, 3.05) is 0 Å². The largest absolute Gasteiger partial charge is 0.480 e. The van der Waals surface area contributed by atoms with E-state index in [4.69, 9.17) is 10.8 Å². The monoisotopic (exact) mass is 235 g/mol. The van der Waals surface area contributed by atoms with Crippen LogP contribution in [-0.2, 0) is 17.6 Å². The smallest absolute Gasteiger partial charge is 0.320 e. The molecule has 0 heterocycles. The van der Waals surface area contributed by atoms with Gasteiger partial charge < -0.3 is 15.9 Å². The normalized spacial score (nSPS) is 18.7. The van der Waals surface area contributed by atoms with Crippen LogP contribution >= 0.6 is 0 Å². The molecule has 1 aliphatic rings. The molecule has 2 rings (SSSR count). The first-order valence-electron chi connectivity index (χ1n) is 5.77. The molecule has 17 heavy (non-hydrogen) atoms. The molecule has 1 fully saturated rings. The lowest BCUT2D eigenvalue weighted by molar-refractivity contribution is -0.138. The van der Waals surface area contributed by atoms with Crippen molar-refractivity contribution in [3.63, 3.8) is 0 Å². The second-order valence-electron chi connectivity index (χ2n) is 4.87. The number of carboxylic acid groups (broad SMARTS) is 1. The predicted molar refractivity (Wildman–Crippen MR) is 63.6 cm³/mol. The molecule has 0 saturated heterocycles. The minimum Gasteiger partial charge on any atom is -0.480 e. The summed E-state index contributed by atoms with van der Waals surface area (Å²) in [7, 11) is 0. The van der Waals surface area contributed by atoms with Crippen LogP contribution in [0.15, 0.2) is 24.3 Å². The molecule has 1 aromatic rings. The van der Waals surface area contributed by atoms with E-state index in [2.05, 4.69) is 0 Å². The SMILES string of the molecule is NC(Cc1ccc(CC2(O)CC2)cc1)C(=O)O. The van der Waals surface area contributed by atoms with Crippen LogP contribution < -0.4 is 5.73 Å². The Kier molecular flexibility index (Phi) is 3.17. The third-order valence-electron chi connectivity index (χ3n) is 3.16. The molecule has 4 nitrogen and oxygen atoms in total. The van der Waals surface area contributed by atoms with E-state index in [0.717, 1.165) is 24.0 Å². The fraction of sp³-hybridized carbons (Fsp3) is 0.462. The maximum absolute atomic E-state index is 10.6. The number of nitrogens with two attached hydrogens (primary N) is 1.